The average molecular weight is 403 g/mol. The molecule has 0 aromatic heterocycles. The summed E-state index contributed by atoms with van der Waals surface area (Å²) < 4.78 is 0. The highest BCUT2D eigenvalue weighted by molar-refractivity contribution is 6.00. The Morgan fingerprint density at radius 3 is 2.37 bits per heavy atom. The van der Waals surface area contributed by atoms with Crippen molar-refractivity contribution in [3.63, 3.8) is 0 Å². The molecule has 30 heavy (non-hydrogen) atoms. The zero-order valence-electron chi connectivity index (χ0n) is 16.2. The van der Waals surface area contributed by atoms with Gasteiger partial charge in [-0.3, -0.25) is 14.4 Å². The number of hydrogen-bond donors (Lipinski definition) is 2. The predicted molar refractivity (Wildman–Crippen MR) is 115 cm³/mol. The molecule has 0 spiro atoms. The minimum atomic E-state index is -1.19. The van der Waals surface area contributed by atoms with Gasteiger partial charge in [-0.05, 0) is 22.9 Å². The average Bonchev–Trinajstić information content (AvgIpc) is 2.75. The minimum absolute atomic E-state index is 0.0758. The molecular formula is C23H21N3O4. The monoisotopic (exact) mass is 403 g/mol. The molecule has 3 aromatic rings. The highest BCUT2D eigenvalue weighted by Gasteiger charge is 2.17. The van der Waals surface area contributed by atoms with E-state index in [1.54, 1.807) is 24.3 Å². The lowest BCUT2D eigenvalue weighted by atomic mass is 10.1. The second-order valence-corrected chi connectivity index (χ2v) is 6.57. The highest BCUT2D eigenvalue weighted by Crippen LogP contribution is 2.17. The number of amides is 2. The van der Waals surface area contributed by atoms with E-state index in [0.717, 1.165) is 21.3 Å². The van der Waals surface area contributed by atoms with Crippen molar-refractivity contribution in [2.24, 2.45) is 5.10 Å². The van der Waals surface area contributed by atoms with E-state index in [1.165, 1.54) is 6.21 Å². The molecule has 7 heteroatoms. The summed E-state index contributed by atoms with van der Waals surface area (Å²) in [4.78, 5) is 35.7. The van der Waals surface area contributed by atoms with E-state index in [0.29, 0.717) is 5.69 Å². The van der Waals surface area contributed by atoms with Crippen LogP contribution in [0.2, 0.25) is 0 Å². The Morgan fingerprint density at radius 1 is 0.900 bits per heavy atom. The fraction of sp³-hybridized carbons (Fsp3) is 0.130. The van der Waals surface area contributed by atoms with Gasteiger partial charge in [-0.25, -0.2) is 5.01 Å². The van der Waals surface area contributed by atoms with Gasteiger partial charge in [0, 0.05) is 24.1 Å². The van der Waals surface area contributed by atoms with Crippen molar-refractivity contribution in [2.45, 2.75) is 12.8 Å². The van der Waals surface area contributed by atoms with E-state index < -0.39 is 18.4 Å². The van der Waals surface area contributed by atoms with Gasteiger partial charge in [-0.15, -0.1) is 0 Å². The number of carboxylic acid groups (broad SMARTS) is 1. The molecule has 0 aliphatic rings. The molecule has 0 fully saturated rings. The summed E-state index contributed by atoms with van der Waals surface area (Å²) in [6, 6.07) is 22.2. The van der Waals surface area contributed by atoms with Crippen molar-refractivity contribution in [2.75, 3.05) is 11.9 Å². The number of para-hydroxylation sites is 1. The van der Waals surface area contributed by atoms with E-state index in [9.17, 15) is 14.4 Å². The molecule has 0 unspecified atom stereocenters. The number of hydrogen-bond acceptors (Lipinski definition) is 4. The SMILES string of the molecule is O=C(O)CN(/N=C\c1cccc2ccccc12)C(=O)CCC(=O)Nc1ccccc1. The van der Waals surface area contributed by atoms with Crippen LogP contribution in [-0.4, -0.2) is 40.7 Å². The maximum Gasteiger partial charge on any atom is 0.325 e. The number of nitrogens with one attached hydrogen (secondary N) is 1. The van der Waals surface area contributed by atoms with Crippen molar-refractivity contribution in [1.82, 2.24) is 5.01 Å². The van der Waals surface area contributed by atoms with Crippen LogP contribution >= 0.6 is 0 Å². The molecule has 0 heterocycles. The summed E-state index contributed by atoms with van der Waals surface area (Å²) >= 11 is 0. The summed E-state index contributed by atoms with van der Waals surface area (Å²) in [5.41, 5.74) is 1.39. The van der Waals surface area contributed by atoms with Gasteiger partial charge in [0.15, 0.2) is 0 Å². The quantitative estimate of drug-likeness (QED) is 0.444. The molecule has 3 rings (SSSR count). The number of aliphatic carboxylic acids is 1. The molecule has 2 amide bonds. The lowest BCUT2D eigenvalue weighted by molar-refractivity contribution is -0.144. The van der Waals surface area contributed by atoms with Crippen molar-refractivity contribution in [1.29, 1.82) is 0 Å². The third kappa shape index (κ3) is 5.75. The number of rotatable bonds is 8. The zero-order valence-corrected chi connectivity index (χ0v) is 16.2. The molecule has 0 atom stereocenters. The van der Waals surface area contributed by atoms with Crippen LogP contribution in [0, 0.1) is 0 Å². The normalized spacial score (nSPS) is 10.8. The molecule has 0 aliphatic heterocycles. The number of carbonyl (C=O) groups excluding carboxylic acids is 2. The van der Waals surface area contributed by atoms with Crippen molar-refractivity contribution in [3.05, 3.63) is 78.4 Å². The Labute approximate surface area is 173 Å². The Hall–Kier alpha value is -4.00. The van der Waals surface area contributed by atoms with Crippen molar-refractivity contribution in [3.8, 4) is 0 Å². The largest absolute Gasteiger partial charge is 0.480 e. The minimum Gasteiger partial charge on any atom is -0.480 e. The van der Waals surface area contributed by atoms with Crippen LogP contribution < -0.4 is 5.32 Å². The van der Waals surface area contributed by atoms with E-state index in [1.807, 2.05) is 48.5 Å². The molecule has 0 aliphatic carbocycles. The highest BCUT2D eigenvalue weighted by atomic mass is 16.4. The standard InChI is InChI=1S/C23H21N3O4/c27-21(25-19-10-2-1-3-11-19)13-14-22(28)26(16-23(29)30)24-15-18-9-6-8-17-7-4-5-12-20(17)18/h1-12,15H,13-14,16H2,(H,25,27)(H,29,30)/b24-15-. The van der Waals surface area contributed by atoms with Gasteiger partial charge in [-0.1, -0.05) is 60.7 Å². The van der Waals surface area contributed by atoms with Crippen molar-refractivity contribution < 1.29 is 19.5 Å². The third-order valence-corrected chi connectivity index (χ3v) is 4.36. The van der Waals surface area contributed by atoms with Gasteiger partial charge < -0.3 is 10.4 Å². The number of nitrogens with zero attached hydrogens (tertiary/aromatic N) is 2. The number of fused-ring (bicyclic) bond motifs is 1. The summed E-state index contributed by atoms with van der Waals surface area (Å²) in [5.74, 6) is -2.06. The van der Waals surface area contributed by atoms with Crippen LogP contribution in [0.1, 0.15) is 18.4 Å². The maximum absolute atomic E-state index is 12.5. The first-order chi connectivity index (χ1) is 14.5. The second-order valence-electron chi connectivity index (χ2n) is 6.57. The summed E-state index contributed by atoms with van der Waals surface area (Å²) in [6.07, 6.45) is 1.24. The molecule has 0 saturated heterocycles. The van der Waals surface area contributed by atoms with Crippen LogP contribution in [0.25, 0.3) is 10.8 Å². The molecular weight excluding hydrogens is 382 g/mol. The Bertz CT molecular complexity index is 1070. The van der Waals surface area contributed by atoms with Gasteiger partial charge in [0.05, 0.1) is 6.21 Å². The lowest BCUT2D eigenvalue weighted by Crippen LogP contribution is -2.32. The number of benzene rings is 3. The first kappa shape index (κ1) is 20.7. The maximum atomic E-state index is 12.5. The predicted octanol–water partition coefficient (Wildman–Crippen LogP) is 3.51. The fourth-order valence-electron chi connectivity index (χ4n) is 2.91. The van der Waals surface area contributed by atoms with E-state index in [-0.39, 0.29) is 18.7 Å². The molecule has 7 nitrogen and oxygen atoms in total. The smallest absolute Gasteiger partial charge is 0.325 e. The summed E-state index contributed by atoms with van der Waals surface area (Å²) in [7, 11) is 0. The van der Waals surface area contributed by atoms with Crippen LogP contribution in [0.5, 0.6) is 0 Å². The topological polar surface area (TPSA) is 99.1 Å². The van der Waals surface area contributed by atoms with Crippen molar-refractivity contribution >= 4 is 40.5 Å². The lowest BCUT2D eigenvalue weighted by Gasteiger charge is -2.15. The third-order valence-electron chi connectivity index (χ3n) is 4.36. The fourth-order valence-corrected chi connectivity index (χ4v) is 2.91. The number of anilines is 1. The molecule has 0 bridgehead atoms. The van der Waals surface area contributed by atoms with Gasteiger partial charge in [-0.2, -0.15) is 5.10 Å². The first-order valence-corrected chi connectivity index (χ1v) is 9.42. The van der Waals surface area contributed by atoms with Crippen LogP contribution in [0.4, 0.5) is 5.69 Å². The number of carbonyl (C=O) groups is 3. The molecule has 0 saturated carbocycles. The van der Waals surface area contributed by atoms with E-state index >= 15 is 0 Å². The van der Waals surface area contributed by atoms with Gasteiger partial charge in [0.2, 0.25) is 11.8 Å². The van der Waals surface area contributed by atoms with Gasteiger partial charge >= 0.3 is 5.97 Å². The van der Waals surface area contributed by atoms with Crippen LogP contribution in [0.3, 0.4) is 0 Å². The Balaban J connectivity index is 1.67. The number of carboxylic acids is 1. The first-order valence-electron chi connectivity index (χ1n) is 9.42. The zero-order chi connectivity index (χ0) is 21.3. The molecule has 2 N–H and O–H groups in total. The Kier molecular flexibility index (Phi) is 6.89. The van der Waals surface area contributed by atoms with E-state index in [2.05, 4.69) is 10.4 Å². The number of hydrazone groups is 1. The molecule has 3 aromatic carbocycles. The van der Waals surface area contributed by atoms with E-state index in [4.69, 9.17) is 5.11 Å². The summed E-state index contributed by atoms with van der Waals surface area (Å²) in [6.45, 7) is -0.583. The van der Waals surface area contributed by atoms with Crippen LogP contribution in [0.15, 0.2) is 77.9 Å². The summed E-state index contributed by atoms with van der Waals surface area (Å²) in [5, 5.41) is 18.7. The van der Waals surface area contributed by atoms with Gasteiger partial charge in [0.1, 0.15) is 6.54 Å². The van der Waals surface area contributed by atoms with Crippen LogP contribution in [-0.2, 0) is 14.4 Å². The molecule has 0 radical (unpaired) electrons. The van der Waals surface area contributed by atoms with Gasteiger partial charge in [0.25, 0.3) is 0 Å². The second kappa shape index (κ2) is 9.97. The Morgan fingerprint density at radius 2 is 1.60 bits per heavy atom. The molecule has 152 valence electrons.